The molecule has 0 aliphatic rings. The molecule has 0 aromatic carbocycles. The quantitative estimate of drug-likeness (QED) is 0.0244. The molecule has 350 valence electrons. The van der Waals surface area contributed by atoms with Crippen LogP contribution in [0.15, 0.2) is 24.3 Å². The van der Waals surface area contributed by atoms with E-state index in [1.807, 2.05) is 27.2 Å². The van der Waals surface area contributed by atoms with E-state index in [0.717, 1.165) is 38.5 Å². The fraction of sp³-hybridized carbons (Fsp3) is 0.900. The lowest BCUT2D eigenvalue weighted by molar-refractivity contribution is -0.870. The molecule has 0 radical (unpaired) electrons. The Morgan fingerprint density at radius 3 is 1.31 bits per heavy atom. The lowest BCUT2D eigenvalue weighted by Gasteiger charge is -2.25. The zero-order valence-corrected chi connectivity index (χ0v) is 40.7. The van der Waals surface area contributed by atoms with Gasteiger partial charge in [0.2, 0.25) is 5.91 Å². The summed E-state index contributed by atoms with van der Waals surface area (Å²) in [6.07, 6.45) is 51.3. The second-order valence-electron chi connectivity index (χ2n) is 18.5. The number of aliphatic hydroxyl groups is 1. The molecule has 0 heterocycles. The summed E-state index contributed by atoms with van der Waals surface area (Å²) in [5, 5.41) is 13.8. The Hall–Kier alpha value is -1.02. The summed E-state index contributed by atoms with van der Waals surface area (Å²) in [6, 6.07) is -0.842. The number of likely N-dealkylation sites (N-methyl/N-ethyl adjacent to an activating group) is 1. The van der Waals surface area contributed by atoms with Crippen molar-refractivity contribution in [1.82, 2.24) is 5.32 Å². The highest BCUT2D eigenvalue weighted by molar-refractivity contribution is 7.47. The molecule has 0 saturated carbocycles. The number of nitrogens with zero attached hydrogens (tertiary/aromatic N) is 1. The number of hydrogen-bond acceptors (Lipinski definition) is 5. The predicted molar refractivity (Wildman–Crippen MR) is 254 cm³/mol. The van der Waals surface area contributed by atoms with Crippen molar-refractivity contribution in [2.24, 2.45) is 0 Å². The molecule has 0 aliphatic carbocycles. The summed E-state index contributed by atoms with van der Waals surface area (Å²) in [4.78, 5) is 23.1. The van der Waals surface area contributed by atoms with Crippen LogP contribution in [-0.2, 0) is 18.4 Å². The monoisotopic (exact) mass is 856 g/mol. The number of allylic oxidation sites excluding steroid dienone is 3. The molecular formula is C50H100N2O6P+. The van der Waals surface area contributed by atoms with Gasteiger partial charge in [0.05, 0.1) is 39.9 Å². The highest BCUT2D eigenvalue weighted by atomic mass is 31.2. The molecular weight excluding hydrogens is 756 g/mol. The molecule has 0 aromatic heterocycles. The van der Waals surface area contributed by atoms with E-state index < -0.39 is 20.0 Å². The van der Waals surface area contributed by atoms with Gasteiger partial charge in [-0.15, -0.1) is 0 Å². The summed E-state index contributed by atoms with van der Waals surface area (Å²) < 4.78 is 23.5. The molecule has 8 nitrogen and oxygen atoms in total. The summed E-state index contributed by atoms with van der Waals surface area (Å²) in [6.45, 7) is 4.81. The first-order valence-corrected chi connectivity index (χ1v) is 26.7. The van der Waals surface area contributed by atoms with Gasteiger partial charge in [0.1, 0.15) is 13.2 Å². The van der Waals surface area contributed by atoms with Crippen LogP contribution >= 0.6 is 7.82 Å². The van der Waals surface area contributed by atoms with Crippen molar-refractivity contribution in [3.8, 4) is 0 Å². The minimum absolute atomic E-state index is 0.0625. The molecule has 0 fully saturated rings. The van der Waals surface area contributed by atoms with E-state index in [2.05, 4.69) is 31.3 Å². The lowest BCUT2D eigenvalue weighted by atomic mass is 10.0. The van der Waals surface area contributed by atoms with Crippen LogP contribution in [0.4, 0.5) is 0 Å². The molecule has 3 N–H and O–H groups in total. The number of carbonyl (C=O) groups excluding carboxylic acids is 1. The van der Waals surface area contributed by atoms with Crippen LogP contribution in [0, 0.1) is 0 Å². The number of carbonyl (C=O) groups is 1. The Balaban J connectivity index is 4.09. The molecule has 59 heavy (non-hydrogen) atoms. The Bertz CT molecular complexity index is 1020. The van der Waals surface area contributed by atoms with Gasteiger partial charge in [-0.05, 0) is 44.9 Å². The largest absolute Gasteiger partial charge is 0.472 e. The van der Waals surface area contributed by atoms with Gasteiger partial charge in [0.25, 0.3) is 0 Å². The van der Waals surface area contributed by atoms with Crippen molar-refractivity contribution < 1.29 is 32.9 Å². The van der Waals surface area contributed by atoms with Crippen molar-refractivity contribution in [2.45, 2.75) is 251 Å². The first-order chi connectivity index (χ1) is 28.5. The third kappa shape index (κ3) is 44.8. The van der Waals surface area contributed by atoms with Crippen molar-refractivity contribution in [1.29, 1.82) is 0 Å². The molecule has 0 spiro atoms. The molecule has 0 rings (SSSR count). The number of hydrogen-bond donors (Lipinski definition) is 3. The van der Waals surface area contributed by atoms with Crippen LogP contribution in [0.25, 0.3) is 0 Å². The predicted octanol–water partition coefficient (Wildman–Crippen LogP) is 14.5. The minimum Gasteiger partial charge on any atom is -0.387 e. The smallest absolute Gasteiger partial charge is 0.387 e. The van der Waals surface area contributed by atoms with Gasteiger partial charge >= 0.3 is 7.82 Å². The highest BCUT2D eigenvalue weighted by Crippen LogP contribution is 2.43. The Morgan fingerprint density at radius 1 is 0.559 bits per heavy atom. The first-order valence-electron chi connectivity index (χ1n) is 25.2. The number of rotatable bonds is 46. The van der Waals surface area contributed by atoms with Gasteiger partial charge in [0, 0.05) is 6.42 Å². The molecule has 1 amide bonds. The van der Waals surface area contributed by atoms with Crippen LogP contribution < -0.4 is 5.32 Å². The number of phosphoric acid groups is 1. The summed E-state index contributed by atoms with van der Waals surface area (Å²) in [7, 11) is 1.58. The second-order valence-corrected chi connectivity index (χ2v) is 20.0. The molecule has 0 bridgehead atoms. The zero-order chi connectivity index (χ0) is 43.6. The van der Waals surface area contributed by atoms with E-state index in [9.17, 15) is 19.4 Å². The molecule has 0 saturated heterocycles. The number of phosphoric ester groups is 1. The Morgan fingerprint density at radius 2 is 0.915 bits per heavy atom. The Kier molecular flexibility index (Phi) is 41.6. The van der Waals surface area contributed by atoms with Gasteiger partial charge in [0.15, 0.2) is 0 Å². The average molecular weight is 856 g/mol. The fourth-order valence-corrected chi connectivity index (χ4v) is 8.13. The van der Waals surface area contributed by atoms with Crippen molar-refractivity contribution >= 4 is 13.7 Å². The molecule has 9 heteroatoms. The highest BCUT2D eigenvalue weighted by Gasteiger charge is 2.27. The van der Waals surface area contributed by atoms with E-state index in [1.54, 1.807) is 6.08 Å². The van der Waals surface area contributed by atoms with Crippen molar-refractivity contribution in [2.75, 3.05) is 40.9 Å². The average Bonchev–Trinajstić information content (AvgIpc) is 3.19. The van der Waals surface area contributed by atoms with E-state index in [-0.39, 0.29) is 19.1 Å². The second kappa shape index (κ2) is 42.3. The summed E-state index contributed by atoms with van der Waals surface area (Å²) in [5.41, 5.74) is 0. The van der Waals surface area contributed by atoms with E-state index >= 15 is 0 Å². The van der Waals surface area contributed by atoms with E-state index in [4.69, 9.17) is 9.05 Å². The number of amides is 1. The molecule has 0 aliphatic heterocycles. The molecule has 3 atom stereocenters. The van der Waals surface area contributed by atoms with E-state index in [0.29, 0.717) is 17.4 Å². The number of quaternary nitrogens is 1. The maximum atomic E-state index is 12.9. The van der Waals surface area contributed by atoms with Crippen LogP contribution in [-0.4, -0.2) is 73.4 Å². The maximum Gasteiger partial charge on any atom is 0.472 e. The number of nitrogens with one attached hydrogen (secondary N) is 1. The van der Waals surface area contributed by atoms with Gasteiger partial charge in [-0.25, -0.2) is 4.57 Å². The van der Waals surface area contributed by atoms with Crippen LogP contribution in [0.3, 0.4) is 0 Å². The van der Waals surface area contributed by atoms with Crippen LogP contribution in [0.1, 0.15) is 239 Å². The SMILES string of the molecule is CCCCCCCCCC/C=C/C(O)C(COP(=O)(O)OCC[N+](C)(C)C)NC(=O)CCCCCCCCCCCCC/C=C\CCCCCCCCCCCCCC. The molecule has 3 unspecified atom stereocenters. The summed E-state index contributed by atoms with van der Waals surface area (Å²) in [5.74, 6) is -0.178. The summed E-state index contributed by atoms with van der Waals surface area (Å²) >= 11 is 0. The van der Waals surface area contributed by atoms with Crippen LogP contribution in [0.2, 0.25) is 0 Å². The first kappa shape index (κ1) is 58.0. The topological polar surface area (TPSA) is 105 Å². The van der Waals surface area contributed by atoms with Crippen molar-refractivity contribution in [3.63, 3.8) is 0 Å². The van der Waals surface area contributed by atoms with E-state index in [1.165, 1.54) is 180 Å². The third-order valence-electron chi connectivity index (χ3n) is 11.4. The van der Waals surface area contributed by atoms with Gasteiger partial charge in [-0.1, -0.05) is 212 Å². The normalized spacial score (nSPS) is 14.4. The van der Waals surface area contributed by atoms with Gasteiger partial charge < -0.3 is 19.8 Å². The fourth-order valence-electron chi connectivity index (χ4n) is 7.39. The van der Waals surface area contributed by atoms with Gasteiger partial charge in [-0.3, -0.25) is 13.8 Å². The number of aliphatic hydroxyl groups excluding tert-OH is 1. The van der Waals surface area contributed by atoms with Crippen molar-refractivity contribution in [3.05, 3.63) is 24.3 Å². The Labute approximate surface area is 366 Å². The molecule has 0 aromatic rings. The minimum atomic E-state index is -4.33. The third-order valence-corrected chi connectivity index (χ3v) is 12.4. The maximum absolute atomic E-state index is 12.9. The standard InChI is InChI=1S/C50H99N2O6P/c1-6-8-10-12-14-16-18-19-20-21-22-23-24-25-26-27-28-29-30-31-32-33-34-36-38-40-42-44-50(54)51-48(47-58-59(55,56)57-46-45-52(3,4)5)49(53)43-41-39-37-35-17-15-13-11-9-7-2/h25-26,41,43,48-49,53H,6-24,27-40,42,44-47H2,1-5H3,(H-,51,54,55,56)/p+1/b26-25-,43-41+. The van der Waals surface area contributed by atoms with Gasteiger partial charge in [-0.2, -0.15) is 0 Å². The van der Waals surface area contributed by atoms with Crippen LogP contribution in [0.5, 0.6) is 0 Å². The number of unbranched alkanes of at least 4 members (excludes halogenated alkanes) is 31. The zero-order valence-electron chi connectivity index (χ0n) is 39.8. The lowest BCUT2D eigenvalue weighted by Crippen LogP contribution is -2.45.